The Morgan fingerprint density at radius 3 is 2.14 bits per heavy atom. The van der Waals surface area contributed by atoms with E-state index in [2.05, 4.69) is 38.2 Å². The van der Waals surface area contributed by atoms with Gasteiger partial charge in [0.05, 0.1) is 82.3 Å². The molecule has 0 spiro atoms. The third-order valence-electron chi connectivity index (χ3n) is 15.7. The van der Waals surface area contributed by atoms with Crippen molar-refractivity contribution in [2.45, 2.75) is 127 Å². The van der Waals surface area contributed by atoms with Gasteiger partial charge in [0, 0.05) is 47.8 Å². The fraction of sp³-hybridized carbons (Fsp3) is 0.500. The van der Waals surface area contributed by atoms with Gasteiger partial charge in [-0.2, -0.15) is 0 Å². The molecule has 4 unspecified atom stereocenters. The van der Waals surface area contributed by atoms with E-state index >= 15 is 4.39 Å². The Kier molecular flexibility index (Phi) is 12.8. The molecule has 4 fully saturated rings. The molecule has 6 atom stereocenters. The number of thiazole rings is 1. The second kappa shape index (κ2) is 19.2. The number of alkyl carbamates (subject to hydrolysis) is 2. The van der Waals surface area contributed by atoms with Crippen molar-refractivity contribution in [1.82, 2.24) is 49.9 Å². The highest BCUT2D eigenvalue weighted by Gasteiger charge is 2.45. The number of amides is 4. The number of H-pyrrole nitrogens is 2. The van der Waals surface area contributed by atoms with E-state index in [-0.39, 0.29) is 41.1 Å². The Balaban J connectivity index is 0.900. The highest BCUT2D eigenvalue weighted by molar-refractivity contribution is 7.11. The van der Waals surface area contributed by atoms with Crippen LogP contribution >= 0.6 is 11.3 Å². The van der Waals surface area contributed by atoms with Crippen LogP contribution in [-0.4, -0.2) is 115 Å². The largest absolute Gasteiger partial charge is 0.464 e. The van der Waals surface area contributed by atoms with Crippen LogP contribution in [0.5, 0.6) is 5.75 Å². The lowest BCUT2D eigenvalue weighted by Crippen LogP contribution is -2.54. The number of hydrogen-bond donors (Lipinski definition) is 4. The second-order valence-electron chi connectivity index (χ2n) is 21.7. The van der Waals surface area contributed by atoms with Gasteiger partial charge < -0.3 is 49.3 Å². The predicted molar refractivity (Wildman–Crippen MR) is 274 cm³/mol. The van der Waals surface area contributed by atoms with Gasteiger partial charge in [-0.25, -0.2) is 28.9 Å². The molecule has 0 bridgehead atoms. The number of halogens is 1. The van der Waals surface area contributed by atoms with E-state index in [1.807, 2.05) is 63.1 Å². The normalized spacial score (nSPS) is 22.4. The van der Waals surface area contributed by atoms with Crippen LogP contribution in [0.3, 0.4) is 0 Å². The van der Waals surface area contributed by atoms with Crippen LogP contribution in [-0.2, 0) is 29.2 Å². The fourth-order valence-corrected chi connectivity index (χ4v) is 12.6. The molecule has 6 aromatic rings. The van der Waals surface area contributed by atoms with Crippen molar-refractivity contribution in [1.29, 1.82) is 0 Å². The number of carbonyl (C=O) groups excluding carboxylic acids is 4. The Bertz CT molecular complexity index is 3160. The maximum Gasteiger partial charge on any atom is 0.407 e. The number of carbonyl (C=O) groups is 4. The van der Waals surface area contributed by atoms with Gasteiger partial charge in [-0.05, 0) is 107 Å². The average molecular weight is 1030 g/mol. The number of methoxy groups -OCH3 is 2. The summed E-state index contributed by atoms with van der Waals surface area (Å²) in [7, 11) is 2.57. The second-order valence-corrected chi connectivity index (χ2v) is 22.7. The molecule has 2 aromatic carbocycles. The van der Waals surface area contributed by atoms with Crippen molar-refractivity contribution in [3.8, 4) is 39.5 Å². The Morgan fingerprint density at radius 2 is 1.49 bits per heavy atom. The van der Waals surface area contributed by atoms with Gasteiger partial charge in [0.2, 0.25) is 18.0 Å². The van der Waals surface area contributed by atoms with Crippen LogP contribution in [0.1, 0.15) is 126 Å². The summed E-state index contributed by atoms with van der Waals surface area (Å²) < 4.78 is 41.7. The van der Waals surface area contributed by atoms with Crippen molar-refractivity contribution < 1.29 is 42.5 Å². The first kappa shape index (κ1) is 49.4. The first-order chi connectivity index (χ1) is 35.5. The summed E-state index contributed by atoms with van der Waals surface area (Å²) >= 11 is 1.62. The van der Waals surface area contributed by atoms with Crippen molar-refractivity contribution in [2.75, 3.05) is 33.9 Å². The van der Waals surface area contributed by atoms with Crippen molar-refractivity contribution >= 4 is 46.2 Å². The van der Waals surface area contributed by atoms with E-state index in [1.165, 1.54) is 20.3 Å². The zero-order valence-corrected chi connectivity index (χ0v) is 43.6. The summed E-state index contributed by atoms with van der Waals surface area (Å²) in [5.41, 5.74) is 4.14. The third-order valence-corrected chi connectivity index (χ3v) is 17.1. The number of nitrogens with zero attached hydrogens (tertiary/aromatic N) is 6. The fourth-order valence-electron chi connectivity index (χ4n) is 11.5. The summed E-state index contributed by atoms with van der Waals surface area (Å²) in [4.78, 5) is 78.9. The van der Waals surface area contributed by atoms with Gasteiger partial charge in [0.25, 0.3) is 0 Å². The summed E-state index contributed by atoms with van der Waals surface area (Å²) in [6.45, 7) is 11.5. The van der Waals surface area contributed by atoms with E-state index in [4.69, 9.17) is 33.9 Å². The maximum atomic E-state index is 17.0. The number of aromatic amines is 2. The lowest BCUT2D eigenvalue weighted by Gasteiger charge is -2.40. The quantitative estimate of drug-likeness (QED) is 0.0907. The van der Waals surface area contributed by atoms with Crippen LogP contribution in [0.25, 0.3) is 44.7 Å². The summed E-state index contributed by atoms with van der Waals surface area (Å²) in [5.74, 6) is 0.421. The Morgan fingerprint density at radius 1 is 0.824 bits per heavy atom. The Labute approximate surface area is 432 Å². The Hall–Kier alpha value is -6.80. The highest BCUT2D eigenvalue weighted by Crippen LogP contribution is 2.52. The summed E-state index contributed by atoms with van der Waals surface area (Å²) in [6, 6.07) is 9.17. The molecule has 4 aliphatic heterocycles. The maximum absolute atomic E-state index is 17.0. The molecule has 390 valence electrons. The molecule has 4 amide bonds. The molecule has 18 nitrogen and oxygen atoms in total. The SMILES string of the molecule is COC(=O)NC(C(=O)N1CCC[C@H]1c1ncc(-c2cc(F)c3c(c2)OC(c2cnc(C4(C)CC4)s2)n2c-3cc3cc(-c4cnc([C@@H]5CCCN5C(=O)C(NC(=O)OC)C5CCOC(C)(C)C5)[nH]4)ccc32)[nH]1)C(C)C. The van der Waals surface area contributed by atoms with Gasteiger partial charge in [0.1, 0.15) is 35.3 Å². The molecule has 8 heterocycles. The smallest absolute Gasteiger partial charge is 0.407 e. The van der Waals surface area contributed by atoms with Crippen LogP contribution < -0.4 is 15.4 Å². The number of likely N-dealkylation sites (tertiary alicyclic amines) is 2. The number of nitrogens with one attached hydrogen (secondary N) is 4. The zero-order chi connectivity index (χ0) is 51.8. The van der Waals surface area contributed by atoms with E-state index in [1.54, 1.807) is 28.6 Å². The topological polar surface area (TPSA) is 211 Å². The van der Waals surface area contributed by atoms with E-state index in [0.29, 0.717) is 85.3 Å². The minimum atomic E-state index is -0.778. The van der Waals surface area contributed by atoms with Crippen molar-refractivity contribution in [3.63, 3.8) is 0 Å². The van der Waals surface area contributed by atoms with Gasteiger partial charge in [-0.3, -0.25) is 14.2 Å². The summed E-state index contributed by atoms with van der Waals surface area (Å²) in [5, 5.41) is 7.46. The zero-order valence-electron chi connectivity index (χ0n) is 42.8. The molecule has 4 aromatic heterocycles. The number of rotatable bonds is 12. The van der Waals surface area contributed by atoms with Gasteiger partial charge in [-0.1, -0.05) is 26.8 Å². The first-order valence-corrected chi connectivity index (χ1v) is 26.5. The monoisotopic (exact) mass is 1030 g/mol. The molecule has 11 rings (SSSR count). The standard InChI is InChI=1S/C54H63FN10O8S/c1-28(2)43(61-51(68)70-6)47(66)63-17-8-10-37(63)46-57-26-35(60-46)31-21-33(55)42-39-22-32-20-29(12-13-36(32)65(39)49(73-40(42)23-31)41-27-58-50(74-41)54(5)15-16-54)34-25-56-45(59-34)38-11-9-18-64(38)48(67)44(62-52(69)71-7)30-14-19-72-53(3,4)24-30/h12-13,20-23,25-28,30,37-38,43-44,49H,8-11,14-19,24H2,1-7H3,(H,56,59)(H,57,60)(H,61,68)(H,62,69)/t30?,37-,38-,43?,44?,49?/m0/s1. The van der Waals surface area contributed by atoms with Gasteiger partial charge in [-0.15, -0.1) is 11.3 Å². The molecular weight excluding hydrogens is 968 g/mol. The molecule has 5 aliphatic rings. The van der Waals surface area contributed by atoms with E-state index in [9.17, 15) is 19.2 Å². The number of imidazole rings is 2. The van der Waals surface area contributed by atoms with E-state index < -0.39 is 41.9 Å². The minimum absolute atomic E-state index is 0.0338. The van der Waals surface area contributed by atoms with Crippen molar-refractivity contribution in [3.05, 3.63) is 82.3 Å². The molecule has 1 saturated carbocycles. The molecule has 74 heavy (non-hydrogen) atoms. The number of benzene rings is 2. The van der Waals surface area contributed by atoms with Crippen LogP contribution in [0.4, 0.5) is 14.0 Å². The molecule has 0 radical (unpaired) electrons. The molecule has 4 N–H and O–H groups in total. The number of ether oxygens (including phenoxy) is 4. The summed E-state index contributed by atoms with van der Waals surface area (Å²) in [6.07, 6.45) is 9.64. The third kappa shape index (κ3) is 9.06. The van der Waals surface area contributed by atoms with Gasteiger partial charge in [0.15, 0.2) is 0 Å². The number of fused-ring (bicyclic) bond motifs is 5. The highest BCUT2D eigenvalue weighted by atomic mass is 32.1. The lowest BCUT2D eigenvalue weighted by molar-refractivity contribution is -0.139. The van der Waals surface area contributed by atoms with Crippen molar-refractivity contribution in [2.24, 2.45) is 11.8 Å². The molecule has 20 heteroatoms. The van der Waals surface area contributed by atoms with Crippen LogP contribution in [0.2, 0.25) is 0 Å². The van der Waals surface area contributed by atoms with Crippen LogP contribution in [0, 0.1) is 17.7 Å². The van der Waals surface area contributed by atoms with Gasteiger partial charge >= 0.3 is 12.2 Å². The number of aromatic nitrogens is 6. The number of hydrogen-bond acceptors (Lipinski definition) is 12. The molecule has 3 saturated heterocycles. The first-order valence-electron chi connectivity index (χ1n) is 25.7. The predicted octanol–water partition coefficient (Wildman–Crippen LogP) is 9.31. The lowest BCUT2D eigenvalue weighted by atomic mass is 9.82. The average Bonchev–Trinajstić information content (AvgIpc) is 4.18. The van der Waals surface area contributed by atoms with E-state index in [0.717, 1.165) is 57.7 Å². The van der Waals surface area contributed by atoms with Crippen LogP contribution in [0.15, 0.2) is 55.0 Å². The minimum Gasteiger partial charge on any atom is -0.464 e. The molecular formula is C54H63FN10O8S. The molecule has 1 aliphatic carbocycles.